The lowest BCUT2D eigenvalue weighted by Gasteiger charge is -2.25. The number of hydrogen-bond acceptors (Lipinski definition) is 4. The molecule has 0 aliphatic carbocycles. The fourth-order valence-corrected chi connectivity index (χ4v) is 3.14. The fourth-order valence-electron chi connectivity index (χ4n) is 1.89. The maximum Gasteiger partial charge on any atom is 0.186 e. The Bertz CT molecular complexity index is 344. The Labute approximate surface area is 109 Å². The number of thiazole rings is 1. The lowest BCUT2D eigenvalue weighted by Crippen LogP contribution is -2.31. The molecule has 3 nitrogen and oxygen atoms in total. The molecule has 1 aromatic rings. The number of rotatable bonds is 6. The van der Waals surface area contributed by atoms with Crippen LogP contribution in [0.25, 0.3) is 0 Å². The molecule has 0 unspecified atom stereocenters. The number of nitrogens with two attached hydrogens (primary N) is 1. The van der Waals surface area contributed by atoms with Crippen LogP contribution in [0.1, 0.15) is 57.5 Å². The zero-order valence-electron chi connectivity index (χ0n) is 11.7. The SMILES string of the molecule is CCCN(c1nc(C(C)C)c(CN)s1)C(C)C. The van der Waals surface area contributed by atoms with E-state index < -0.39 is 0 Å². The van der Waals surface area contributed by atoms with Crippen LogP contribution in [0.4, 0.5) is 5.13 Å². The number of aromatic nitrogens is 1. The molecule has 0 aliphatic rings. The number of hydrogen-bond donors (Lipinski definition) is 1. The van der Waals surface area contributed by atoms with E-state index in [1.165, 1.54) is 10.6 Å². The largest absolute Gasteiger partial charge is 0.346 e. The van der Waals surface area contributed by atoms with Crippen molar-refractivity contribution < 1.29 is 0 Å². The smallest absolute Gasteiger partial charge is 0.186 e. The van der Waals surface area contributed by atoms with Crippen molar-refractivity contribution in [2.24, 2.45) is 5.73 Å². The second kappa shape index (κ2) is 6.36. The topological polar surface area (TPSA) is 42.2 Å². The summed E-state index contributed by atoms with van der Waals surface area (Å²) in [6, 6.07) is 0.492. The third-order valence-corrected chi connectivity index (χ3v) is 3.91. The Morgan fingerprint density at radius 2 is 1.94 bits per heavy atom. The van der Waals surface area contributed by atoms with Crippen molar-refractivity contribution in [2.45, 2.75) is 59.5 Å². The molecule has 4 heteroatoms. The zero-order valence-corrected chi connectivity index (χ0v) is 12.5. The molecule has 0 amide bonds. The van der Waals surface area contributed by atoms with Gasteiger partial charge in [0.25, 0.3) is 0 Å². The van der Waals surface area contributed by atoms with Gasteiger partial charge >= 0.3 is 0 Å². The molecule has 0 bridgehead atoms. The molecule has 0 atom stereocenters. The van der Waals surface area contributed by atoms with E-state index in [0.29, 0.717) is 18.5 Å². The third kappa shape index (κ3) is 3.42. The molecule has 0 fully saturated rings. The Morgan fingerprint density at radius 1 is 1.29 bits per heavy atom. The minimum Gasteiger partial charge on any atom is -0.346 e. The second-order valence-electron chi connectivity index (χ2n) is 4.95. The summed E-state index contributed by atoms with van der Waals surface area (Å²) in [7, 11) is 0. The van der Waals surface area contributed by atoms with Gasteiger partial charge in [0, 0.05) is 24.0 Å². The molecular formula is C13H25N3S. The molecule has 1 aromatic heterocycles. The van der Waals surface area contributed by atoms with Crippen molar-refractivity contribution in [2.75, 3.05) is 11.4 Å². The van der Waals surface area contributed by atoms with Crippen LogP contribution in [-0.4, -0.2) is 17.6 Å². The van der Waals surface area contributed by atoms with Gasteiger partial charge < -0.3 is 10.6 Å². The molecular weight excluding hydrogens is 230 g/mol. The highest BCUT2D eigenvalue weighted by molar-refractivity contribution is 7.15. The van der Waals surface area contributed by atoms with Gasteiger partial charge in [0.1, 0.15) is 0 Å². The summed E-state index contributed by atoms with van der Waals surface area (Å²) in [6.45, 7) is 12.7. The fraction of sp³-hybridized carbons (Fsp3) is 0.769. The Morgan fingerprint density at radius 3 is 2.29 bits per heavy atom. The minimum atomic E-state index is 0.453. The maximum absolute atomic E-state index is 5.80. The van der Waals surface area contributed by atoms with E-state index in [1.807, 2.05) is 0 Å². The van der Waals surface area contributed by atoms with Gasteiger partial charge in [-0.15, -0.1) is 11.3 Å². The quantitative estimate of drug-likeness (QED) is 0.847. The Hall–Kier alpha value is -0.610. The summed E-state index contributed by atoms with van der Waals surface area (Å²) in [5.74, 6) is 0.453. The first-order valence-electron chi connectivity index (χ1n) is 6.47. The zero-order chi connectivity index (χ0) is 13.0. The van der Waals surface area contributed by atoms with E-state index in [1.54, 1.807) is 11.3 Å². The van der Waals surface area contributed by atoms with Crippen molar-refractivity contribution in [3.05, 3.63) is 10.6 Å². The maximum atomic E-state index is 5.80. The van der Waals surface area contributed by atoms with E-state index in [4.69, 9.17) is 10.7 Å². The first-order chi connectivity index (χ1) is 8.01. The molecule has 1 rings (SSSR count). The van der Waals surface area contributed by atoms with Gasteiger partial charge in [-0.1, -0.05) is 20.8 Å². The highest BCUT2D eigenvalue weighted by Gasteiger charge is 2.18. The molecule has 98 valence electrons. The van der Waals surface area contributed by atoms with E-state index >= 15 is 0 Å². The van der Waals surface area contributed by atoms with Crippen LogP contribution in [0.15, 0.2) is 0 Å². The highest BCUT2D eigenvalue weighted by atomic mass is 32.1. The van der Waals surface area contributed by atoms with Crippen LogP contribution in [-0.2, 0) is 6.54 Å². The van der Waals surface area contributed by atoms with Crippen LogP contribution in [0, 0.1) is 0 Å². The predicted molar refractivity (Wildman–Crippen MR) is 76.9 cm³/mol. The van der Waals surface area contributed by atoms with Gasteiger partial charge in [-0.25, -0.2) is 4.98 Å². The normalized spacial score (nSPS) is 11.5. The predicted octanol–water partition coefficient (Wildman–Crippen LogP) is 3.35. The standard InChI is InChI=1S/C13H25N3S/c1-6-7-16(10(4)5)13-15-12(9(2)3)11(8-14)17-13/h9-10H,6-8,14H2,1-5H3. The molecule has 0 aliphatic heterocycles. The van der Waals surface area contributed by atoms with Crippen molar-refractivity contribution >= 4 is 16.5 Å². The molecule has 0 spiro atoms. The average Bonchev–Trinajstić information content (AvgIpc) is 2.69. The molecule has 17 heavy (non-hydrogen) atoms. The summed E-state index contributed by atoms with van der Waals surface area (Å²) in [6.07, 6.45) is 1.15. The van der Waals surface area contributed by atoms with Crippen LogP contribution in [0.2, 0.25) is 0 Å². The lowest BCUT2D eigenvalue weighted by molar-refractivity contribution is 0.665. The van der Waals surface area contributed by atoms with Gasteiger partial charge in [0.15, 0.2) is 5.13 Å². The monoisotopic (exact) mass is 255 g/mol. The molecule has 0 aromatic carbocycles. The van der Waals surface area contributed by atoms with E-state index in [2.05, 4.69) is 39.5 Å². The van der Waals surface area contributed by atoms with Crippen molar-refractivity contribution in [1.82, 2.24) is 4.98 Å². The molecule has 2 N–H and O–H groups in total. The summed E-state index contributed by atoms with van der Waals surface area (Å²) in [5.41, 5.74) is 6.98. The van der Waals surface area contributed by atoms with E-state index in [-0.39, 0.29) is 0 Å². The Balaban J connectivity index is 3.03. The van der Waals surface area contributed by atoms with Crippen LogP contribution in [0.5, 0.6) is 0 Å². The van der Waals surface area contributed by atoms with E-state index in [9.17, 15) is 0 Å². The van der Waals surface area contributed by atoms with Crippen molar-refractivity contribution in [1.29, 1.82) is 0 Å². The van der Waals surface area contributed by atoms with Gasteiger partial charge in [0.05, 0.1) is 5.69 Å². The number of anilines is 1. The summed E-state index contributed by atoms with van der Waals surface area (Å²) >= 11 is 1.75. The third-order valence-electron chi connectivity index (χ3n) is 2.78. The van der Waals surface area contributed by atoms with Crippen LogP contribution >= 0.6 is 11.3 Å². The first-order valence-corrected chi connectivity index (χ1v) is 7.29. The number of nitrogens with zero attached hydrogens (tertiary/aromatic N) is 2. The molecule has 1 heterocycles. The Kier molecular flexibility index (Phi) is 5.40. The average molecular weight is 255 g/mol. The van der Waals surface area contributed by atoms with Gasteiger partial charge in [-0.05, 0) is 26.2 Å². The first kappa shape index (κ1) is 14.5. The molecule has 0 radical (unpaired) electrons. The second-order valence-corrected chi connectivity index (χ2v) is 6.01. The summed E-state index contributed by atoms with van der Waals surface area (Å²) in [5, 5.41) is 1.13. The summed E-state index contributed by atoms with van der Waals surface area (Å²) in [4.78, 5) is 8.39. The lowest BCUT2D eigenvalue weighted by atomic mass is 10.1. The van der Waals surface area contributed by atoms with E-state index in [0.717, 1.165) is 18.1 Å². The summed E-state index contributed by atoms with van der Waals surface area (Å²) < 4.78 is 0. The molecule has 0 saturated heterocycles. The van der Waals surface area contributed by atoms with Crippen molar-refractivity contribution in [3.63, 3.8) is 0 Å². The highest BCUT2D eigenvalue weighted by Crippen LogP contribution is 2.31. The van der Waals surface area contributed by atoms with Crippen molar-refractivity contribution in [3.8, 4) is 0 Å². The van der Waals surface area contributed by atoms with Gasteiger partial charge in [-0.2, -0.15) is 0 Å². The molecule has 0 saturated carbocycles. The van der Waals surface area contributed by atoms with Gasteiger partial charge in [0.2, 0.25) is 0 Å². The van der Waals surface area contributed by atoms with Gasteiger partial charge in [-0.3, -0.25) is 0 Å². The van der Waals surface area contributed by atoms with Crippen LogP contribution in [0.3, 0.4) is 0 Å². The van der Waals surface area contributed by atoms with Crippen LogP contribution < -0.4 is 10.6 Å². The minimum absolute atomic E-state index is 0.453.